The fourth-order valence-corrected chi connectivity index (χ4v) is 2.28. The predicted octanol–water partition coefficient (Wildman–Crippen LogP) is 3.41. The Kier molecular flexibility index (Phi) is 4.69. The Morgan fingerprint density at radius 1 is 1.29 bits per heavy atom. The number of benzene rings is 1. The molecule has 1 aliphatic carbocycles. The van der Waals surface area contributed by atoms with Gasteiger partial charge < -0.3 is 10.5 Å². The first-order chi connectivity index (χ1) is 8.28. The largest absolute Gasteiger partial charge is 0.493 e. The minimum atomic E-state index is 0.713. The number of rotatable bonds is 6. The first-order valence-electron chi connectivity index (χ1n) is 6.40. The van der Waals surface area contributed by atoms with E-state index < -0.39 is 0 Å². The van der Waals surface area contributed by atoms with E-state index in [1.165, 1.54) is 24.8 Å². The second-order valence-electron chi connectivity index (χ2n) is 4.80. The Morgan fingerprint density at radius 2 is 2.12 bits per heavy atom. The van der Waals surface area contributed by atoms with E-state index in [9.17, 15) is 0 Å². The van der Waals surface area contributed by atoms with Gasteiger partial charge in [0.05, 0.1) is 6.61 Å². The quantitative estimate of drug-likeness (QED) is 0.843. The lowest BCUT2D eigenvalue weighted by molar-refractivity contribution is 0.180. The zero-order valence-electron chi connectivity index (χ0n) is 10.1. The molecule has 1 aromatic rings. The van der Waals surface area contributed by atoms with Crippen molar-refractivity contribution in [1.82, 2.24) is 0 Å². The predicted molar refractivity (Wildman–Crippen MR) is 71.7 cm³/mol. The summed E-state index contributed by atoms with van der Waals surface area (Å²) in [6.07, 6.45) is 5.92. The zero-order valence-corrected chi connectivity index (χ0v) is 10.9. The van der Waals surface area contributed by atoms with Crippen LogP contribution in [0, 0.1) is 5.92 Å². The third-order valence-corrected chi connectivity index (χ3v) is 3.53. The summed E-state index contributed by atoms with van der Waals surface area (Å²) in [6.45, 7) is 1.54. The number of hydrogen-bond acceptors (Lipinski definition) is 2. The molecule has 2 rings (SSSR count). The van der Waals surface area contributed by atoms with Crippen LogP contribution in [0.4, 0.5) is 0 Å². The summed E-state index contributed by atoms with van der Waals surface area (Å²) in [5, 5.41) is 0.753. The maximum atomic E-state index is 6.08. The van der Waals surface area contributed by atoms with Gasteiger partial charge in [-0.2, -0.15) is 0 Å². The van der Waals surface area contributed by atoms with E-state index in [0.29, 0.717) is 6.54 Å². The van der Waals surface area contributed by atoms with E-state index in [2.05, 4.69) is 6.07 Å². The number of ether oxygens (including phenoxy) is 1. The molecule has 0 bridgehead atoms. The van der Waals surface area contributed by atoms with Gasteiger partial charge in [0.25, 0.3) is 0 Å². The van der Waals surface area contributed by atoms with Gasteiger partial charge in [-0.15, -0.1) is 0 Å². The third-order valence-electron chi connectivity index (χ3n) is 3.31. The first-order valence-corrected chi connectivity index (χ1v) is 6.78. The molecule has 0 aliphatic heterocycles. The summed E-state index contributed by atoms with van der Waals surface area (Å²) in [5.74, 6) is 1.65. The maximum Gasteiger partial charge on any atom is 0.121 e. The van der Waals surface area contributed by atoms with Crippen LogP contribution in [-0.2, 0) is 6.42 Å². The lowest BCUT2D eigenvalue weighted by Crippen LogP contribution is -2.19. The van der Waals surface area contributed by atoms with Gasteiger partial charge in [-0.3, -0.25) is 0 Å². The lowest BCUT2D eigenvalue weighted by atomic mass is 9.86. The Labute approximate surface area is 108 Å². The fraction of sp³-hybridized carbons (Fsp3) is 0.571. The topological polar surface area (TPSA) is 35.2 Å². The summed E-state index contributed by atoms with van der Waals surface area (Å²) in [7, 11) is 0. The second-order valence-corrected chi connectivity index (χ2v) is 5.23. The Bertz CT molecular complexity index is 363. The summed E-state index contributed by atoms with van der Waals surface area (Å²) in [6, 6.07) is 5.97. The fourth-order valence-electron chi connectivity index (χ4n) is 2.03. The van der Waals surface area contributed by atoms with Gasteiger partial charge in [-0.05, 0) is 61.9 Å². The van der Waals surface area contributed by atoms with Gasteiger partial charge in [-0.25, -0.2) is 0 Å². The van der Waals surface area contributed by atoms with Crippen molar-refractivity contribution in [3.63, 3.8) is 0 Å². The van der Waals surface area contributed by atoms with Gasteiger partial charge in [0.1, 0.15) is 5.75 Å². The first kappa shape index (κ1) is 12.7. The SMILES string of the molecule is NCCCc1cc(Cl)cc(OCC2CCC2)c1. The molecule has 1 fully saturated rings. The molecule has 1 saturated carbocycles. The van der Waals surface area contributed by atoms with Gasteiger partial charge in [-0.1, -0.05) is 18.0 Å². The molecule has 0 heterocycles. The molecule has 0 aromatic heterocycles. The molecule has 0 spiro atoms. The smallest absolute Gasteiger partial charge is 0.121 e. The van der Waals surface area contributed by atoms with Crippen molar-refractivity contribution in [2.45, 2.75) is 32.1 Å². The van der Waals surface area contributed by atoms with Crippen molar-refractivity contribution in [2.75, 3.05) is 13.2 Å². The number of aryl methyl sites for hydroxylation is 1. The van der Waals surface area contributed by atoms with Crippen LogP contribution in [-0.4, -0.2) is 13.2 Å². The summed E-state index contributed by atoms with van der Waals surface area (Å²) in [4.78, 5) is 0. The molecule has 0 saturated heterocycles. The van der Waals surface area contributed by atoms with Crippen molar-refractivity contribution < 1.29 is 4.74 Å². The van der Waals surface area contributed by atoms with Crippen LogP contribution >= 0.6 is 11.6 Å². The van der Waals surface area contributed by atoms with E-state index in [1.54, 1.807) is 0 Å². The van der Waals surface area contributed by atoms with Crippen LogP contribution in [0.5, 0.6) is 5.75 Å². The van der Waals surface area contributed by atoms with E-state index >= 15 is 0 Å². The van der Waals surface area contributed by atoms with Crippen LogP contribution in [0.25, 0.3) is 0 Å². The zero-order chi connectivity index (χ0) is 12.1. The Hall–Kier alpha value is -0.730. The molecule has 0 unspecified atom stereocenters. The average molecular weight is 254 g/mol. The van der Waals surface area contributed by atoms with Crippen molar-refractivity contribution in [1.29, 1.82) is 0 Å². The maximum absolute atomic E-state index is 6.08. The molecule has 2 nitrogen and oxygen atoms in total. The van der Waals surface area contributed by atoms with Gasteiger partial charge in [0.2, 0.25) is 0 Å². The normalized spacial score (nSPS) is 15.6. The summed E-state index contributed by atoms with van der Waals surface area (Å²) < 4.78 is 5.80. The second kappa shape index (κ2) is 6.27. The van der Waals surface area contributed by atoms with E-state index in [0.717, 1.165) is 36.1 Å². The number of halogens is 1. The van der Waals surface area contributed by atoms with Crippen LogP contribution in [0.1, 0.15) is 31.2 Å². The van der Waals surface area contributed by atoms with E-state index in [-0.39, 0.29) is 0 Å². The number of nitrogens with two attached hydrogens (primary N) is 1. The monoisotopic (exact) mass is 253 g/mol. The van der Waals surface area contributed by atoms with Crippen LogP contribution in [0.3, 0.4) is 0 Å². The number of hydrogen-bond donors (Lipinski definition) is 1. The van der Waals surface area contributed by atoms with E-state index in [1.807, 2.05) is 12.1 Å². The van der Waals surface area contributed by atoms with E-state index in [4.69, 9.17) is 22.1 Å². The molecule has 0 atom stereocenters. The molecular weight excluding hydrogens is 234 g/mol. The molecule has 0 amide bonds. The minimum absolute atomic E-state index is 0.713. The summed E-state index contributed by atoms with van der Waals surface area (Å²) >= 11 is 6.08. The Morgan fingerprint density at radius 3 is 2.76 bits per heavy atom. The highest BCUT2D eigenvalue weighted by molar-refractivity contribution is 6.30. The molecule has 17 heavy (non-hydrogen) atoms. The van der Waals surface area contributed by atoms with Crippen molar-refractivity contribution in [3.05, 3.63) is 28.8 Å². The highest BCUT2D eigenvalue weighted by Gasteiger charge is 2.17. The van der Waals surface area contributed by atoms with Crippen molar-refractivity contribution in [3.8, 4) is 5.75 Å². The molecular formula is C14H20ClNO. The molecule has 1 aliphatic rings. The molecule has 2 N–H and O–H groups in total. The average Bonchev–Trinajstić information content (AvgIpc) is 2.23. The highest BCUT2D eigenvalue weighted by atomic mass is 35.5. The standard InChI is InChI=1S/C14H20ClNO/c15-13-7-12(5-2-6-16)8-14(9-13)17-10-11-3-1-4-11/h7-9,11H,1-6,10,16H2. The van der Waals surface area contributed by atoms with Gasteiger partial charge in [0, 0.05) is 5.02 Å². The van der Waals surface area contributed by atoms with Gasteiger partial charge >= 0.3 is 0 Å². The van der Waals surface area contributed by atoms with Crippen LogP contribution in [0.15, 0.2) is 18.2 Å². The lowest BCUT2D eigenvalue weighted by Gasteiger charge is -2.25. The third kappa shape index (κ3) is 3.90. The molecule has 94 valence electrons. The van der Waals surface area contributed by atoms with Gasteiger partial charge in [0.15, 0.2) is 0 Å². The molecule has 1 aromatic carbocycles. The highest BCUT2D eigenvalue weighted by Crippen LogP contribution is 2.28. The molecule has 3 heteroatoms. The Balaban J connectivity index is 1.92. The molecule has 0 radical (unpaired) electrons. The van der Waals surface area contributed by atoms with Crippen LogP contribution < -0.4 is 10.5 Å². The van der Waals surface area contributed by atoms with Crippen molar-refractivity contribution in [2.24, 2.45) is 11.7 Å². The summed E-state index contributed by atoms with van der Waals surface area (Å²) in [5.41, 5.74) is 6.73. The minimum Gasteiger partial charge on any atom is -0.493 e. The van der Waals surface area contributed by atoms with Crippen LogP contribution in [0.2, 0.25) is 5.02 Å². The van der Waals surface area contributed by atoms with Crippen molar-refractivity contribution >= 4 is 11.6 Å².